The van der Waals surface area contributed by atoms with Crippen LogP contribution in [0.5, 0.6) is 0 Å². The SMILES string of the molecule is Cc1cccnc1C[C@@H](C)NC1CCN(c2ccc(C#N)cn2)CC1. The maximum absolute atomic E-state index is 8.86. The van der Waals surface area contributed by atoms with E-state index in [0.29, 0.717) is 17.6 Å². The second-order valence-corrected chi connectivity index (χ2v) is 6.82. The Labute approximate surface area is 149 Å². The van der Waals surface area contributed by atoms with Crippen LogP contribution in [0.3, 0.4) is 0 Å². The number of aryl methyl sites for hydroxylation is 1. The molecule has 1 aliphatic heterocycles. The van der Waals surface area contributed by atoms with Crippen LogP contribution < -0.4 is 10.2 Å². The van der Waals surface area contributed by atoms with E-state index >= 15 is 0 Å². The van der Waals surface area contributed by atoms with Crippen molar-refractivity contribution in [1.82, 2.24) is 15.3 Å². The van der Waals surface area contributed by atoms with Gasteiger partial charge in [0.05, 0.1) is 5.56 Å². The number of nitrogens with one attached hydrogen (secondary N) is 1. The first-order valence-electron chi connectivity index (χ1n) is 8.93. The quantitative estimate of drug-likeness (QED) is 0.910. The molecule has 0 saturated carbocycles. The van der Waals surface area contributed by atoms with Crippen LogP contribution in [0, 0.1) is 18.3 Å². The number of hydrogen-bond donors (Lipinski definition) is 1. The standard InChI is InChI=1S/C20H25N5/c1-15-4-3-9-22-19(15)12-16(2)24-18-7-10-25(11-8-18)20-6-5-17(13-21)14-23-20/h3-6,9,14,16,18,24H,7-8,10-12H2,1-2H3/t16-/m1/s1. The molecule has 0 unspecified atom stereocenters. The van der Waals surface area contributed by atoms with E-state index in [2.05, 4.69) is 46.2 Å². The van der Waals surface area contributed by atoms with E-state index in [0.717, 1.165) is 38.2 Å². The fourth-order valence-electron chi connectivity index (χ4n) is 3.40. The van der Waals surface area contributed by atoms with Gasteiger partial charge in [0.2, 0.25) is 0 Å². The van der Waals surface area contributed by atoms with Crippen LogP contribution in [0.25, 0.3) is 0 Å². The van der Waals surface area contributed by atoms with Gasteiger partial charge in [0, 0.05) is 49.7 Å². The van der Waals surface area contributed by atoms with Gasteiger partial charge in [-0.1, -0.05) is 6.07 Å². The van der Waals surface area contributed by atoms with Crippen molar-refractivity contribution in [3.63, 3.8) is 0 Å². The molecular weight excluding hydrogens is 310 g/mol. The normalized spacial score (nSPS) is 16.4. The van der Waals surface area contributed by atoms with Crippen molar-refractivity contribution >= 4 is 5.82 Å². The molecule has 3 rings (SSSR count). The third-order valence-electron chi connectivity index (χ3n) is 4.83. The summed E-state index contributed by atoms with van der Waals surface area (Å²) in [4.78, 5) is 11.2. The van der Waals surface area contributed by atoms with Crippen molar-refractivity contribution in [3.8, 4) is 6.07 Å². The van der Waals surface area contributed by atoms with Crippen LogP contribution in [-0.2, 0) is 6.42 Å². The first-order chi connectivity index (χ1) is 12.2. The Balaban J connectivity index is 1.49. The summed E-state index contributed by atoms with van der Waals surface area (Å²) >= 11 is 0. The van der Waals surface area contributed by atoms with Crippen molar-refractivity contribution in [2.24, 2.45) is 0 Å². The van der Waals surface area contributed by atoms with Crippen molar-refractivity contribution < 1.29 is 0 Å². The van der Waals surface area contributed by atoms with Gasteiger partial charge in [-0.2, -0.15) is 5.26 Å². The molecule has 5 nitrogen and oxygen atoms in total. The highest BCUT2D eigenvalue weighted by atomic mass is 15.2. The Bertz CT molecular complexity index is 726. The van der Waals surface area contributed by atoms with Gasteiger partial charge in [-0.15, -0.1) is 0 Å². The molecule has 0 radical (unpaired) electrons. The van der Waals surface area contributed by atoms with E-state index in [9.17, 15) is 0 Å². The number of anilines is 1. The number of nitriles is 1. The third-order valence-corrected chi connectivity index (χ3v) is 4.83. The van der Waals surface area contributed by atoms with Gasteiger partial charge < -0.3 is 10.2 Å². The van der Waals surface area contributed by atoms with Crippen LogP contribution in [0.2, 0.25) is 0 Å². The van der Waals surface area contributed by atoms with Crippen LogP contribution in [0.15, 0.2) is 36.7 Å². The van der Waals surface area contributed by atoms with Crippen molar-refractivity contribution in [1.29, 1.82) is 5.26 Å². The molecule has 0 aromatic carbocycles. The molecule has 2 aromatic heterocycles. The number of pyridine rings is 2. The zero-order chi connectivity index (χ0) is 17.6. The molecule has 3 heterocycles. The maximum Gasteiger partial charge on any atom is 0.128 e. The topological polar surface area (TPSA) is 64.8 Å². The monoisotopic (exact) mass is 335 g/mol. The minimum Gasteiger partial charge on any atom is -0.357 e. The van der Waals surface area contributed by atoms with E-state index in [4.69, 9.17) is 5.26 Å². The van der Waals surface area contributed by atoms with Gasteiger partial charge in [0.15, 0.2) is 0 Å². The molecule has 1 saturated heterocycles. The lowest BCUT2D eigenvalue weighted by atomic mass is 10.0. The summed E-state index contributed by atoms with van der Waals surface area (Å²) in [7, 11) is 0. The lowest BCUT2D eigenvalue weighted by Gasteiger charge is -2.34. The average Bonchev–Trinajstić information content (AvgIpc) is 2.64. The zero-order valence-corrected chi connectivity index (χ0v) is 14.9. The first kappa shape index (κ1) is 17.4. The highest BCUT2D eigenvalue weighted by Gasteiger charge is 2.21. The van der Waals surface area contributed by atoms with Gasteiger partial charge in [0.1, 0.15) is 11.9 Å². The Kier molecular flexibility index (Phi) is 5.62. The highest BCUT2D eigenvalue weighted by molar-refractivity contribution is 5.42. The van der Waals surface area contributed by atoms with Gasteiger partial charge in [-0.25, -0.2) is 4.98 Å². The van der Waals surface area contributed by atoms with E-state index < -0.39 is 0 Å². The van der Waals surface area contributed by atoms with Gasteiger partial charge in [0.25, 0.3) is 0 Å². The second kappa shape index (κ2) is 8.09. The summed E-state index contributed by atoms with van der Waals surface area (Å²) in [6, 6.07) is 11.0. The number of piperidine rings is 1. The average molecular weight is 335 g/mol. The van der Waals surface area contributed by atoms with E-state index in [1.54, 1.807) is 6.20 Å². The number of hydrogen-bond acceptors (Lipinski definition) is 5. The predicted molar refractivity (Wildman–Crippen MR) is 99.5 cm³/mol. The number of nitrogens with zero attached hydrogens (tertiary/aromatic N) is 4. The molecule has 130 valence electrons. The van der Waals surface area contributed by atoms with Gasteiger partial charge in [-0.3, -0.25) is 4.98 Å². The van der Waals surface area contributed by atoms with Gasteiger partial charge >= 0.3 is 0 Å². The maximum atomic E-state index is 8.86. The summed E-state index contributed by atoms with van der Waals surface area (Å²) in [5, 5.41) is 12.6. The first-order valence-corrected chi connectivity index (χ1v) is 8.93. The summed E-state index contributed by atoms with van der Waals surface area (Å²) in [6.45, 7) is 6.35. The fourth-order valence-corrected chi connectivity index (χ4v) is 3.40. The fraction of sp³-hybridized carbons (Fsp3) is 0.450. The molecule has 1 fully saturated rings. The Morgan fingerprint density at radius 2 is 2.08 bits per heavy atom. The molecular formula is C20H25N5. The molecule has 0 bridgehead atoms. The van der Waals surface area contributed by atoms with Gasteiger partial charge in [-0.05, 0) is 50.5 Å². The minimum absolute atomic E-state index is 0.415. The Morgan fingerprint density at radius 3 is 2.72 bits per heavy atom. The summed E-state index contributed by atoms with van der Waals surface area (Å²) in [5.74, 6) is 0.967. The molecule has 1 atom stereocenters. The lowest BCUT2D eigenvalue weighted by molar-refractivity contribution is 0.373. The minimum atomic E-state index is 0.415. The molecule has 5 heteroatoms. The molecule has 2 aromatic rings. The molecule has 0 aliphatic carbocycles. The van der Waals surface area contributed by atoms with E-state index in [1.807, 2.05) is 24.4 Å². The Morgan fingerprint density at radius 1 is 1.28 bits per heavy atom. The number of rotatable bonds is 5. The molecule has 1 N–H and O–H groups in total. The van der Waals surface area contributed by atoms with Crippen LogP contribution in [0.4, 0.5) is 5.82 Å². The summed E-state index contributed by atoms with van der Waals surface area (Å²) in [5.41, 5.74) is 3.05. The van der Waals surface area contributed by atoms with Crippen LogP contribution in [-0.4, -0.2) is 35.1 Å². The van der Waals surface area contributed by atoms with Crippen molar-refractivity contribution in [2.75, 3.05) is 18.0 Å². The molecule has 25 heavy (non-hydrogen) atoms. The largest absolute Gasteiger partial charge is 0.357 e. The predicted octanol–water partition coefficient (Wildman–Crippen LogP) is 2.85. The van der Waals surface area contributed by atoms with Crippen LogP contribution in [0.1, 0.15) is 36.6 Å². The number of aromatic nitrogens is 2. The summed E-state index contributed by atoms with van der Waals surface area (Å²) < 4.78 is 0. The highest BCUT2D eigenvalue weighted by Crippen LogP contribution is 2.18. The van der Waals surface area contributed by atoms with Crippen LogP contribution >= 0.6 is 0 Å². The van der Waals surface area contributed by atoms with Crippen molar-refractivity contribution in [3.05, 3.63) is 53.5 Å². The molecule has 0 spiro atoms. The zero-order valence-electron chi connectivity index (χ0n) is 14.9. The second-order valence-electron chi connectivity index (χ2n) is 6.82. The molecule has 1 aliphatic rings. The summed E-state index contributed by atoms with van der Waals surface area (Å²) in [6.07, 6.45) is 6.69. The lowest BCUT2D eigenvalue weighted by Crippen LogP contribution is -2.46. The van der Waals surface area contributed by atoms with Crippen molar-refractivity contribution in [2.45, 2.75) is 45.2 Å². The smallest absolute Gasteiger partial charge is 0.128 e. The molecule has 0 amide bonds. The van der Waals surface area contributed by atoms with E-state index in [-0.39, 0.29) is 0 Å². The Hall–Kier alpha value is -2.45. The third kappa shape index (κ3) is 4.55. The van der Waals surface area contributed by atoms with E-state index in [1.165, 1.54) is 11.3 Å².